The Balaban J connectivity index is 1.73. The van der Waals surface area contributed by atoms with Gasteiger partial charge >= 0.3 is 0 Å². The Kier molecular flexibility index (Phi) is 5.86. The maximum atomic E-state index is 14.0. The summed E-state index contributed by atoms with van der Waals surface area (Å²) in [5.74, 6) is 0.489. The number of hydrogen-bond donors (Lipinski definition) is 1. The van der Waals surface area contributed by atoms with Crippen molar-refractivity contribution in [3.05, 3.63) is 65.6 Å². The molecule has 1 amide bonds. The Hall–Kier alpha value is -2.73. The van der Waals surface area contributed by atoms with Gasteiger partial charge in [-0.25, -0.2) is 9.29 Å². The molecule has 0 atom stereocenters. The molecule has 0 spiro atoms. The lowest BCUT2D eigenvalue weighted by Crippen LogP contribution is -2.31. The van der Waals surface area contributed by atoms with Gasteiger partial charge in [-0.1, -0.05) is 38.1 Å². The van der Waals surface area contributed by atoms with Crippen molar-refractivity contribution in [1.29, 1.82) is 0 Å². The van der Waals surface area contributed by atoms with Crippen LogP contribution in [0.1, 0.15) is 25.8 Å². The number of benzene rings is 2. The number of hydrogen-bond acceptors (Lipinski definition) is 3. The molecule has 1 fully saturated rings. The number of thiocarbonyl (C=S) groups is 1. The molecule has 2 aromatic carbocycles. The van der Waals surface area contributed by atoms with Crippen LogP contribution in [-0.2, 0) is 4.79 Å². The molecule has 1 aliphatic heterocycles. The fourth-order valence-electron chi connectivity index (χ4n) is 2.63. The molecular formula is C21H21FN2O2S. The van der Waals surface area contributed by atoms with Crippen LogP contribution in [0.4, 0.5) is 10.1 Å². The lowest BCUT2D eigenvalue weighted by Gasteiger charge is -2.14. The minimum absolute atomic E-state index is 0.136. The van der Waals surface area contributed by atoms with Crippen LogP contribution in [-0.4, -0.2) is 17.6 Å². The summed E-state index contributed by atoms with van der Waals surface area (Å²) in [4.78, 5) is 13.8. The lowest BCUT2D eigenvalue weighted by molar-refractivity contribution is -0.113. The first-order valence-corrected chi connectivity index (χ1v) is 9.21. The molecule has 0 radical (unpaired) electrons. The highest BCUT2D eigenvalue weighted by Gasteiger charge is 2.33. The van der Waals surface area contributed by atoms with Crippen LogP contribution in [0.2, 0.25) is 0 Å². The minimum atomic E-state index is -0.501. The zero-order chi connectivity index (χ0) is 19.4. The molecule has 3 rings (SSSR count). The van der Waals surface area contributed by atoms with Crippen LogP contribution in [0.3, 0.4) is 0 Å². The second-order valence-electron chi connectivity index (χ2n) is 6.68. The normalized spacial score (nSPS) is 15.6. The molecule has 4 nitrogen and oxygen atoms in total. The van der Waals surface area contributed by atoms with E-state index >= 15 is 0 Å². The van der Waals surface area contributed by atoms with Gasteiger partial charge in [-0.3, -0.25) is 4.79 Å². The van der Waals surface area contributed by atoms with Gasteiger partial charge in [-0.2, -0.15) is 0 Å². The molecule has 1 heterocycles. The Morgan fingerprint density at radius 2 is 1.89 bits per heavy atom. The zero-order valence-electron chi connectivity index (χ0n) is 15.2. The van der Waals surface area contributed by atoms with Crippen LogP contribution in [0.15, 0.2) is 54.2 Å². The predicted molar refractivity (Wildman–Crippen MR) is 109 cm³/mol. The summed E-state index contributed by atoms with van der Waals surface area (Å²) >= 11 is 5.21. The molecule has 0 aromatic heterocycles. The van der Waals surface area contributed by atoms with E-state index in [9.17, 15) is 9.18 Å². The van der Waals surface area contributed by atoms with E-state index in [1.165, 1.54) is 17.0 Å². The molecule has 0 unspecified atom stereocenters. The summed E-state index contributed by atoms with van der Waals surface area (Å²) in [5.41, 5.74) is 1.26. The quantitative estimate of drug-likeness (QED) is 0.588. The molecule has 2 aromatic rings. The van der Waals surface area contributed by atoms with Crippen molar-refractivity contribution in [3.8, 4) is 5.75 Å². The first-order valence-electron chi connectivity index (χ1n) is 8.80. The number of ether oxygens (including phenoxy) is 1. The molecule has 0 bridgehead atoms. The number of amides is 1. The second kappa shape index (κ2) is 8.31. The smallest absolute Gasteiger partial charge is 0.281 e. The van der Waals surface area contributed by atoms with Crippen LogP contribution >= 0.6 is 12.2 Å². The molecule has 1 saturated heterocycles. The van der Waals surface area contributed by atoms with E-state index in [4.69, 9.17) is 17.0 Å². The van der Waals surface area contributed by atoms with Gasteiger partial charge in [0.1, 0.15) is 17.3 Å². The van der Waals surface area contributed by atoms with Crippen LogP contribution in [0.5, 0.6) is 5.75 Å². The Morgan fingerprint density at radius 1 is 1.19 bits per heavy atom. The molecular weight excluding hydrogens is 363 g/mol. The highest BCUT2D eigenvalue weighted by atomic mass is 32.1. The van der Waals surface area contributed by atoms with Crippen LogP contribution < -0.4 is 15.0 Å². The summed E-state index contributed by atoms with van der Waals surface area (Å²) in [7, 11) is 0. The van der Waals surface area contributed by atoms with E-state index in [0.717, 1.165) is 17.7 Å². The Labute approximate surface area is 163 Å². The molecule has 0 saturated carbocycles. The summed E-state index contributed by atoms with van der Waals surface area (Å²) in [6.07, 6.45) is 2.68. The predicted octanol–water partition coefficient (Wildman–Crippen LogP) is 4.51. The molecule has 27 heavy (non-hydrogen) atoms. The number of nitrogens with one attached hydrogen (secondary N) is 1. The van der Waals surface area contributed by atoms with Gasteiger partial charge in [0, 0.05) is 0 Å². The number of halogens is 1. The summed E-state index contributed by atoms with van der Waals surface area (Å²) < 4.78 is 19.7. The number of rotatable bonds is 6. The highest BCUT2D eigenvalue weighted by molar-refractivity contribution is 7.80. The molecule has 0 aliphatic carbocycles. The van der Waals surface area contributed by atoms with Gasteiger partial charge in [0.05, 0.1) is 12.3 Å². The van der Waals surface area contributed by atoms with Crippen molar-refractivity contribution in [3.63, 3.8) is 0 Å². The third-order valence-corrected chi connectivity index (χ3v) is 4.41. The summed E-state index contributed by atoms with van der Waals surface area (Å²) in [6.45, 7) is 4.97. The Bertz CT molecular complexity index is 878. The topological polar surface area (TPSA) is 41.6 Å². The number of nitrogens with zero attached hydrogens (tertiary/aromatic N) is 1. The third-order valence-electron chi connectivity index (χ3n) is 4.13. The molecule has 1 N–H and O–H groups in total. The minimum Gasteiger partial charge on any atom is -0.494 e. The summed E-state index contributed by atoms with van der Waals surface area (Å²) in [5, 5.41) is 3.02. The van der Waals surface area contributed by atoms with Crippen molar-refractivity contribution in [1.82, 2.24) is 5.32 Å². The maximum absolute atomic E-state index is 14.0. The second-order valence-corrected chi connectivity index (χ2v) is 7.07. The van der Waals surface area contributed by atoms with Gasteiger partial charge in [0.25, 0.3) is 5.91 Å². The molecule has 1 aliphatic rings. The van der Waals surface area contributed by atoms with Crippen molar-refractivity contribution in [2.75, 3.05) is 11.5 Å². The number of carbonyl (C=O) groups excluding carboxylic acids is 1. The fourth-order valence-corrected chi connectivity index (χ4v) is 2.92. The SMILES string of the molecule is CC(C)CCOc1ccc(/C=C2\NC(=S)N(c3ccccc3F)C2=O)cc1. The molecule has 6 heteroatoms. The Morgan fingerprint density at radius 3 is 2.56 bits per heavy atom. The van der Waals surface area contributed by atoms with Gasteiger partial charge in [0.2, 0.25) is 0 Å². The molecule has 140 valence electrons. The van der Waals surface area contributed by atoms with Crippen molar-refractivity contribution in [2.45, 2.75) is 20.3 Å². The van der Waals surface area contributed by atoms with E-state index < -0.39 is 5.82 Å². The first kappa shape index (κ1) is 19.0. The van der Waals surface area contributed by atoms with E-state index in [-0.39, 0.29) is 16.7 Å². The van der Waals surface area contributed by atoms with E-state index in [0.29, 0.717) is 18.2 Å². The van der Waals surface area contributed by atoms with Gasteiger partial charge in [-0.15, -0.1) is 0 Å². The zero-order valence-corrected chi connectivity index (χ0v) is 16.1. The largest absolute Gasteiger partial charge is 0.494 e. The summed E-state index contributed by atoms with van der Waals surface area (Å²) in [6, 6.07) is 13.5. The average Bonchev–Trinajstić information content (AvgIpc) is 2.90. The lowest BCUT2D eigenvalue weighted by atomic mass is 10.1. The van der Waals surface area contributed by atoms with Crippen molar-refractivity contribution < 1.29 is 13.9 Å². The standard InChI is InChI=1S/C21H21FN2O2S/c1-14(2)11-12-26-16-9-7-15(8-10-16)13-18-20(25)24(21(27)23-18)19-6-4-3-5-17(19)22/h3-10,13-14H,11-12H2,1-2H3,(H,23,27)/b18-13-. The number of carbonyl (C=O) groups is 1. The van der Waals surface area contributed by atoms with E-state index in [2.05, 4.69) is 19.2 Å². The van der Waals surface area contributed by atoms with Gasteiger partial charge in [-0.05, 0) is 60.5 Å². The monoisotopic (exact) mass is 384 g/mol. The number of para-hydroxylation sites is 1. The average molecular weight is 384 g/mol. The fraction of sp³-hybridized carbons (Fsp3) is 0.238. The van der Waals surface area contributed by atoms with Gasteiger partial charge < -0.3 is 10.1 Å². The maximum Gasteiger partial charge on any atom is 0.281 e. The van der Waals surface area contributed by atoms with Crippen LogP contribution in [0.25, 0.3) is 6.08 Å². The van der Waals surface area contributed by atoms with Crippen molar-refractivity contribution in [2.24, 2.45) is 5.92 Å². The van der Waals surface area contributed by atoms with Crippen molar-refractivity contribution >= 4 is 35.0 Å². The number of anilines is 1. The van der Waals surface area contributed by atoms with E-state index in [1.807, 2.05) is 24.3 Å². The van der Waals surface area contributed by atoms with Crippen LogP contribution in [0, 0.1) is 11.7 Å². The third kappa shape index (κ3) is 4.52. The first-order chi connectivity index (χ1) is 13.0. The van der Waals surface area contributed by atoms with Gasteiger partial charge in [0.15, 0.2) is 5.11 Å². The van der Waals surface area contributed by atoms with E-state index in [1.54, 1.807) is 18.2 Å². The highest BCUT2D eigenvalue weighted by Crippen LogP contribution is 2.25.